The van der Waals surface area contributed by atoms with Crippen molar-refractivity contribution in [1.29, 1.82) is 0 Å². The molecule has 0 atom stereocenters. The zero-order valence-corrected chi connectivity index (χ0v) is 19.4. The molecular weight excluding hydrogens is 507 g/mol. The minimum absolute atomic E-state index is 0.0220. The lowest BCUT2D eigenvalue weighted by Crippen LogP contribution is -2.21. The molecule has 0 aliphatic heterocycles. The Balaban J connectivity index is 2.07. The number of nitrogens with zero attached hydrogens (tertiary/aromatic N) is 1. The second-order valence-corrected chi connectivity index (χ2v) is 8.17. The van der Waals surface area contributed by atoms with Crippen molar-refractivity contribution in [2.45, 2.75) is 6.61 Å². The molecule has 0 unspecified atom stereocenters. The number of benzene rings is 3. The van der Waals surface area contributed by atoms with Gasteiger partial charge in [-0.05, 0) is 35.4 Å². The highest BCUT2D eigenvalue weighted by Crippen LogP contribution is 2.34. The third kappa shape index (κ3) is 5.73. The number of rotatable bonds is 7. The molecule has 34 heavy (non-hydrogen) atoms. The van der Waals surface area contributed by atoms with Crippen molar-refractivity contribution in [2.24, 2.45) is 0 Å². The van der Waals surface area contributed by atoms with Crippen LogP contribution in [0.3, 0.4) is 0 Å². The molecule has 0 heterocycles. The van der Waals surface area contributed by atoms with Crippen molar-refractivity contribution >= 4 is 63.9 Å². The summed E-state index contributed by atoms with van der Waals surface area (Å²) in [6, 6.07) is 12.0. The van der Waals surface area contributed by atoms with Crippen LogP contribution >= 0.6 is 34.8 Å². The van der Waals surface area contributed by atoms with Crippen LogP contribution in [0.15, 0.2) is 60.2 Å². The van der Waals surface area contributed by atoms with Crippen LogP contribution in [0.1, 0.15) is 21.5 Å². The molecular formula is C23H15Cl3N2O6. The number of amides is 1. The average Bonchev–Trinajstić information content (AvgIpc) is 2.81. The Morgan fingerprint density at radius 3 is 2.15 bits per heavy atom. The van der Waals surface area contributed by atoms with Gasteiger partial charge in [0.25, 0.3) is 11.6 Å². The van der Waals surface area contributed by atoms with Crippen LogP contribution in [0, 0.1) is 10.1 Å². The third-order valence-electron chi connectivity index (χ3n) is 4.65. The smallest absolute Gasteiger partial charge is 0.271 e. The van der Waals surface area contributed by atoms with E-state index in [4.69, 9.17) is 34.8 Å². The van der Waals surface area contributed by atoms with E-state index in [1.807, 2.05) is 0 Å². The molecule has 0 saturated carbocycles. The summed E-state index contributed by atoms with van der Waals surface area (Å²) in [5.41, 5.74) is 0.192. The van der Waals surface area contributed by atoms with E-state index >= 15 is 0 Å². The van der Waals surface area contributed by atoms with E-state index in [1.165, 1.54) is 54.6 Å². The summed E-state index contributed by atoms with van der Waals surface area (Å²) >= 11 is 18.0. The second-order valence-electron chi connectivity index (χ2n) is 6.95. The third-order valence-corrected chi connectivity index (χ3v) is 5.55. The van der Waals surface area contributed by atoms with Crippen LogP contribution in [0.4, 0.5) is 11.4 Å². The van der Waals surface area contributed by atoms with Gasteiger partial charge in [-0.25, -0.2) is 0 Å². The van der Waals surface area contributed by atoms with Gasteiger partial charge in [0.05, 0.1) is 37.9 Å². The first-order valence-corrected chi connectivity index (χ1v) is 10.6. The summed E-state index contributed by atoms with van der Waals surface area (Å²) in [5, 5.41) is 32.3. The minimum atomic E-state index is -0.904. The molecule has 0 aromatic heterocycles. The lowest BCUT2D eigenvalue weighted by molar-refractivity contribution is -0.384. The van der Waals surface area contributed by atoms with Crippen LogP contribution in [0.5, 0.6) is 5.75 Å². The highest BCUT2D eigenvalue weighted by Gasteiger charge is 2.22. The maximum absolute atomic E-state index is 13.2. The van der Waals surface area contributed by atoms with Crippen molar-refractivity contribution in [1.82, 2.24) is 0 Å². The molecule has 174 valence electrons. The number of hydrogen-bond donors (Lipinski definition) is 3. The number of nitrogens with one attached hydrogen (secondary N) is 1. The SMILES string of the molecule is O=C(Nc1cc([N+](=O)[O-])ccc1Cl)C(=Cc1cc(Cl)c(O)c(Cl)c1)C(=O)c1ccc(CO)cc1. The zero-order chi connectivity index (χ0) is 25.0. The number of aliphatic hydroxyl groups excluding tert-OH is 1. The number of halogens is 3. The largest absolute Gasteiger partial charge is 0.505 e. The Bertz CT molecular complexity index is 1300. The van der Waals surface area contributed by atoms with E-state index in [-0.39, 0.29) is 55.5 Å². The van der Waals surface area contributed by atoms with Crippen LogP contribution in [-0.2, 0) is 11.4 Å². The number of non-ortho nitro benzene ring substituents is 1. The minimum Gasteiger partial charge on any atom is -0.505 e. The van der Waals surface area contributed by atoms with Gasteiger partial charge in [-0.3, -0.25) is 19.7 Å². The summed E-state index contributed by atoms with van der Waals surface area (Å²) in [4.78, 5) is 36.8. The number of Topliss-reactive ketones (excluding diaryl/α,β-unsaturated/α-hetero) is 1. The first-order chi connectivity index (χ1) is 16.1. The average molecular weight is 522 g/mol. The Hall–Kier alpha value is -3.43. The molecule has 0 aliphatic carbocycles. The molecule has 1 amide bonds. The van der Waals surface area contributed by atoms with Gasteiger partial charge < -0.3 is 15.5 Å². The van der Waals surface area contributed by atoms with Crippen molar-refractivity contribution in [2.75, 3.05) is 5.32 Å². The summed E-state index contributed by atoms with van der Waals surface area (Å²) in [5.74, 6) is -1.96. The predicted octanol–water partition coefficient (Wildman–Crippen LogP) is 5.66. The second kappa shape index (κ2) is 10.7. The highest BCUT2D eigenvalue weighted by atomic mass is 35.5. The van der Waals surface area contributed by atoms with Gasteiger partial charge in [0.1, 0.15) is 0 Å². The van der Waals surface area contributed by atoms with Crippen LogP contribution in [-0.4, -0.2) is 26.8 Å². The number of aliphatic hydroxyl groups is 1. The van der Waals surface area contributed by atoms with E-state index in [0.717, 1.165) is 6.07 Å². The monoisotopic (exact) mass is 520 g/mol. The van der Waals surface area contributed by atoms with Crippen molar-refractivity contribution in [3.05, 3.63) is 102 Å². The normalized spacial score (nSPS) is 11.2. The Labute approximate surface area is 208 Å². The number of nitro benzene ring substituents is 1. The van der Waals surface area contributed by atoms with E-state index in [9.17, 15) is 29.9 Å². The summed E-state index contributed by atoms with van der Waals surface area (Å²) in [7, 11) is 0. The predicted molar refractivity (Wildman–Crippen MR) is 130 cm³/mol. The molecule has 0 radical (unpaired) electrons. The Kier molecular flexibility index (Phi) is 7.90. The molecule has 3 N–H and O–H groups in total. The highest BCUT2D eigenvalue weighted by molar-refractivity contribution is 6.38. The first-order valence-electron chi connectivity index (χ1n) is 9.50. The molecule has 0 fully saturated rings. The van der Waals surface area contributed by atoms with Crippen molar-refractivity contribution in [3.63, 3.8) is 0 Å². The fraction of sp³-hybridized carbons (Fsp3) is 0.0435. The van der Waals surface area contributed by atoms with Gasteiger partial charge in [-0.1, -0.05) is 59.1 Å². The lowest BCUT2D eigenvalue weighted by atomic mass is 9.99. The summed E-state index contributed by atoms with van der Waals surface area (Å²) < 4.78 is 0. The summed E-state index contributed by atoms with van der Waals surface area (Å²) in [6.07, 6.45) is 1.21. The lowest BCUT2D eigenvalue weighted by Gasteiger charge is -2.11. The van der Waals surface area contributed by atoms with E-state index < -0.39 is 16.6 Å². The molecule has 3 aromatic rings. The maximum Gasteiger partial charge on any atom is 0.271 e. The Morgan fingerprint density at radius 2 is 1.59 bits per heavy atom. The molecule has 3 rings (SSSR count). The number of anilines is 1. The summed E-state index contributed by atoms with van der Waals surface area (Å²) in [6.45, 7) is -0.229. The number of aromatic hydroxyl groups is 1. The molecule has 8 nitrogen and oxygen atoms in total. The fourth-order valence-corrected chi connectivity index (χ4v) is 3.57. The maximum atomic E-state index is 13.2. The standard InChI is InChI=1S/C23H15Cl3N2O6/c24-17-6-5-15(28(33)34)10-20(17)27-23(32)16(7-13-8-18(25)22(31)19(26)9-13)21(30)14-3-1-12(11-29)2-4-14/h1-10,29,31H,11H2,(H,27,32). The first kappa shape index (κ1) is 25.2. The molecule has 3 aromatic carbocycles. The molecule has 11 heteroatoms. The van der Waals surface area contributed by atoms with Gasteiger partial charge >= 0.3 is 0 Å². The molecule has 0 spiro atoms. The van der Waals surface area contributed by atoms with E-state index in [1.54, 1.807) is 0 Å². The number of nitro groups is 1. The quantitative estimate of drug-likeness (QED) is 0.0919. The van der Waals surface area contributed by atoms with Gasteiger partial charge in [-0.2, -0.15) is 0 Å². The van der Waals surface area contributed by atoms with Crippen LogP contribution < -0.4 is 5.32 Å². The zero-order valence-electron chi connectivity index (χ0n) is 17.1. The molecule has 0 saturated heterocycles. The van der Waals surface area contributed by atoms with Gasteiger partial charge in [0.15, 0.2) is 11.5 Å². The number of carbonyl (C=O) groups is 2. The van der Waals surface area contributed by atoms with Crippen LogP contribution in [0.2, 0.25) is 15.1 Å². The molecule has 0 bridgehead atoms. The fourth-order valence-electron chi connectivity index (χ4n) is 2.90. The number of ketones is 1. The number of hydrogen-bond acceptors (Lipinski definition) is 6. The van der Waals surface area contributed by atoms with E-state index in [0.29, 0.717) is 5.56 Å². The van der Waals surface area contributed by atoms with Gasteiger partial charge in [0.2, 0.25) is 0 Å². The van der Waals surface area contributed by atoms with Gasteiger partial charge in [-0.15, -0.1) is 0 Å². The molecule has 0 aliphatic rings. The van der Waals surface area contributed by atoms with Crippen molar-refractivity contribution in [3.8, 4) is 5.75 Å². The van der Waals surface area contributed by atoms with E-state index in [2.05, 4.69) is 5.32 Å². The van der Waals surface area contributed by atoms with Crippen molar-refractivity contribution < 1.29 is 24.7 Å². The number of phenolic OH excluding ortho intramolecular Hbond substituents is 1. The number of phenols is 1. The van der Waals surface area contributed by atoms with Gasteiger partial charge in [0, 0.05) is 17.7 Å². The Morgan fingerprint density at radius 1 is 0.971 bits per heavy atom. The topological polar surface area (TPSA) is 130 Å². The van der Waals surface area contributed by atoms with Crippen LogP contribution in [0.25, 0.3) is 6.08 Å². The number of carbonyl (C=O) groups excluding carboxylic acids is 2.